The molecular weight excluding hydrogens is 440 g/mol. The molecule has 0 aliphatic carbocycles. The summed E-state index contributed by atoms with van der Waals surface area (Å²) >= 11 is 0. The quantitative estimate of drug-likeness (QED) is 0.393. The number of rotatable bonds is 6. The second kappa shape index (κ2) is 14.8. The van der Waals surface area contributed by atoms with Gasteiger partial charge in [-0.1, -0.05) is 0 Å². The summed E-state index contributed by atoms with van der Waals surface area (Å²) in [5, 5.41) is 43.0. The Hall–Kier alpha value is -4.12. The molecule has 0 heterocycles. The number of phenols is 2. The van der Waals surface area contributed by atoms with E-state index in [0.717, 1.165) is 18.2 Å². The topological polar surface area (TPSA) is 188 Å². The highest BCUT2D eigenvalue weighted by atomic mass is 16.5. The number of aromatic carboxylic acids is 2. The van der Waals surface area contributed by atoms with Crippen LogP contribution >= 0.6 is 0 Å². The Labute approximate surface area is 190 Å². The lowest BCUT2D eigenvalue weighted by Crippen LogP contribution is -2.09. The predicted octanol–water partition coefficient (Wildman–Crippen LogP) is 2.65. The molecule has 0 radical (unpaired) electrons. The van der Waals surface area contributed by atoms with Gasteiger partial charge in [-0.05, 0) is 57.2 Å². The highest BCUT2D eigenvalue weighted by molar-refractivity contribution is 5.96. The maximum atomic E-state index is 11.4. The summed E-state index contributed by atoms with van der Waals surface area (Å²) in [5.41, 5.74) is -0.264. The Morgan fingerprint density at radius 3 is 1.21 bits per heavy atom. The SMILES string of the molecule is CCO.CCOC(=O)c1cc(O)cc(C(=O)OCC)c1.O=C(O)c1cc(O)cc(C(=O)O)c1.[H+]. The van der Waals surface area contributed by atoms with Gasteiger partial charge in [0.1, 0.15) is 11.5 Å². The summed E-state index contributed by atoms with van der Waals surface area (Å²) in [4.78, 5) is 43.7. The second-order valence-electron chi connectivity index (χ2n) is 5.90. The third-order valence-electron chi connectivity index (χ3n) is 3.35. The number of carbonyl (C=O) groups is 4. The van der Waals surface area contributed by atoms with Gasteiger partial charge < -0.3 is 35.0 Å². The number of aliphatic hydroxyl groups excluding tert-OH is 1. The second-order valence-corrected chi connectivity index (χ2v) is 5.90. The van der Waals surface area contributed by atoms with Gasteiger partial charge in [-0.15, -0.1) is 0 Å². The molecule has 2 aromatic carbocycles. The van der Waals surface area contributed by atoms with E-state index in [4.69, 9.17) is 29.9 Å². The van der Waals surface area contributed by atoms with Crippen LogP contribution in [0.2, 0.25) is 0 Å². The summed E-state index contributed by atoms with van der Waals surface area (Å²) < 4.78 is 9.55. The van der Waals surface area contributed by atoms with Crippen LogP contribution in [0.3, 0.4) is 0 Å². The smallest absolute Gasteiger partial charge is 0.508 e. The van der Waals surface area contributed by atoms with E-state index >= 15 is 0 Å². The minimum absolute atomic E-state index is 0. The Morgan fingerprint density at radius 2 is 0.939 bits per heavy atom. The first-order valence-corrected chi connectivity index (χ1v) is 9.60. The zero-order valence-electron chi connectivity index (χ0n) is 19.3. The van der Waals surface area contributed by atoms with Crippen LogP contribution in [-0.4, -0.2) is 69.2 Å². The van der Waals surface area contributed by atoms with Crippen molar-refractivity contribution in [3.05, 3.63) is 58.7 Å². The number of carboxylic acid groups (broad SMARTS) is 2. The largest absolute Gasteiger partial charge is 1.00 e. The molecule has 2 aromatic rings. The third-order valence-corrected chi connectivity index (χ3v) is 3.35. The number of aromatic hydroxyl groups is 2. The highest BCUT2D eigenvalue weighted by Crippen LogP contribution is 2.18. The molecule has 0 bridgehead atoms. The van der Waals surface area contributed by atoms with Crippen molar-refractivity contribution >= 4 is 23.9 Å². The molecule has 0 fully saturated rings. The Balaban J connectivity index is 0. The molecule has 11 nitrogen and oxygen atoms in total. The van der Waals surface area contributed by atoms with E-state index in [-0.39, 0.29) is 55.0 Å². The number of esters is 2. The molecule has 0 amide bonds. The van der Waals surface area contributed by atoms with E-state index in [1.54, 1.807) is 20.8 Å². The van der Waals surface area contributed by atoms with Crippen LogP contribution in [0.1, 0.15) is 63.6 Å². The van der Waals surface area contributed by atoms with E-state index in [0.29, 0.717) is 0 Å². The van der Waals surface area contributed by atoms with Gasteiger partial charge in [0.15, 0.2) is 0 Å². The number of ether oxygens (including phenoxy) is 2. The molecule has 0 spiro atoms. The van der Waals surface area contributed by atoms with E-state index in [2.05, 4.69) is 0 Å². The molecule has 11 heteroatoms. The minimum atomic E-state index is -1.28. The van der Waals surface area contributed by atoms with Crippen LogP contribution in [0.15, 0.2) is 36.4 Å². The van der Waals surface area contributed by atoms with Crippen LogP contribution in [0, 0.1) is 0 Å². The number of hydrogen-bond acceptors (Lipinski definition) is 9. The van der Waals surface area contributed by atoms with E-state index in [9.17, 15) is 24.3 Å². The van der Waals surface area contributed by atoms with Gasteiger partial charge in [0.25, 0.3) is 0 Å². The lowest BCUT2D eigenvalue weighted by Gasteiger charge is -2.06. The summed E-state index contributed by atoms with van der Waals surface area (Å²) in [6.07, 6.45) is 0. The van der Waals surface area contributed by atoms with Crippen LogP contribution < -0.4 is 0 Å². The van der Waals surface area contributed by atoms with Crippen molar-refractivity contribution in [2.75, 3.05) is 19.8 Å². The number of benzene rings is 2. The first-order valence-electron chi connectivity index (χ1n) is 9.60. The average Bonchev–Trinajstić information content (AvgIpc) is 2.74. The number of aliphatic hydroxyl groups is 1. The lowest BCUT2D eigenvalue weighted by molar-refractivity contribution is 0.0522. The molecule has 2 rings (SSSR count). The van der Waals surface area contributed by atoms with Gasteiger partial charge in [0.05, 0.1) is 35.5 Å². The van der Waals surface area contributed by atoms with Crippen molar-refractivity contribution in [3.8, 4) is 11.5 Å². The fourth-order valence-electron chi connectivity index (χ4n) is 2.13. The first kappa shape index (κ1) is 28.9. The van der Waals surface area contributed by atoms with Gasteiger partial charge in [-0.25, -0.2) is 19.2 Å². The molecule has 0 unspecified atom stereocenters. The standard InChI is InChI=1S/C12H14O5.C8H6O5.C2H6O/c1-3-16-11(14)8-5-9(7-10(13)6-8)12(15)17-4-2;9-6-2-4(7(10)11)1-5(3-6)8(12)13;1-2-3/h5-7,13H,3-4H2,1-2H3;1-3,9H,(H,10,11)(H,12,13);3H,2H2,1H3/p+1. The summed E-state index contributed by atoms with van der Waals surface area (Å²) in [6, 6.07) is 6.74. The van der Waals surface area contributed by atoms with Crippen LogP contribution in [0.4, 0.5) is 0 Å². The van der Waals surface area contributed by atoms with Crippen molar-refractivity contribution in [1.29, 1.82) is 0 Å². The third kappa shape index (κ3) is 10.6. The van der Waals surface area contributed by atoms with Crippen molar-refractivity contribution in [2.45, 2.75) is 20.8 Å². The van der Waals surface area contributed by atoms with Gasteiger partial charge in [-0.3, -0.25) is 0 Å². The van der Waals surface area contributed by atoms with Gasteiger partial charge in [0, 0.05) is 6.61 Å². The molecule has 180 valence electrons. The average molecular weight is 467 g/mol. The van der Waals surface area contributed by atoms with Crippen molar-refractivity contribution < 1.29 is 55.6 Å². The molecule has 0 aliphatic heterocycles. The number of hydrogen-bond donors (Lipinski definition) is 5. The molecule has 0 saturated carbocycles. The number of carboxylic acids is 2. The fourth-order valence-corrected chi connectivity index (χ4v) is 2.13. The van der Waals surface area contributed by atoms with E-state index < -0.39 is 23.9 Å². The molecule has 0 aliphatic rings. The summed E-state index contributed by atoms with van der Waals surface area (Å²) in [6.45, 7) is 5.73. The number of phenolic OH excluding ortho intramolecular Hbond substituents is 2. The van der Waals surface area contributed by atoms with Gasteiger partial charge >= 0.3 is 25.3 Å². The fraction of sp³-hybridized carbons (Fsp3) is 0.273. The zero-order chi connectivity index (χ0) is 25.6. The lowest BCUT2D eigenvalue weighted by atomic mass is 10.1. The summed E-state index contributed by atoms with van der Waals surface area (Å²) in [5.74, 6) is -4.30. The Kier molecular flexibility index (Phi) is 13.0. The monoisotopic (exact) mass is 467 g/mol. The maximum absolute atomic E-state index is 11.4. The molecule has 33 heavy (non-hydrogen) atoms. The maximum Gasteiger partial charge on any atom is 1.00 e. The predicted molar refractivity (Wildman–Crippen MR) is 116 cm³/mol. The van der Waals surface area contributed by atoms with E-state index in [1.165, 1.54) is 18.2 Å². The molecule has 5 N–H and O–H groups in total. The summed E-state index contributed by atoms with van der Waals surface area (Å²) in [7, 11) is 0. The molecular formula is C22H27O11+. The van der Waals surface area contributed by atoms with E-state index in [1.807, 2.05) is 0 Å². The van der Waals surface area contributed by atoms with Crippen molar-refractivity contribution in [1.82, 2.24) is 0 Å². The highest BCUT2D eigenvalue weighted by Gasteiger charge is 2.14. The van der Waals surface area contributed by atoms with Crippen molar-refractivity contribution in [3.63, 3.8) is 0 Å². The van der Waals surface area contributed by atoms with Crippen LogP contribution in [0.5, 0.6) is 11.5 Å². The van der Waals surface area contributed by atoms with Gasteiger partial charge in [0.2, 0.25) is 0 Å². The van der Waals surface area contributed by atoms with Gasteiger partial charge in [-0.2, -0.15) is 0 Å². The first-order chi connectivity index (χ1) is 15.5. The van der Waals surface area contributed by atoms with Crippen LogP contribution in [-0.2, 0) is 9.47 Å². The van der Waals surface area contributed by atoms with Crippen LogP contribution in [0.25, 0.3) is 0 Å². The Morgan fingerprint density at radius 1 is 0.667 bits per heavy atom. The molecule has 0 saturated heterocycles. The molecule has 0 atom stereocenters. The molecule has 0 aromatic heterocycles. The normalized spacial score (nSPS) is 9.33. The Bertz CT molecular complexity index is 905. The van der Waals surface area contributed by atoms with Crippen molar-refractivity contribution in [2.24, 2.45) is 0 Å². The zero-order valence-corrected chi connectivity index (χ0v) is 18.3. The number of carbonyl (C=O) groups excluding carboxylic acids is 2. The minimum Gasteiger partial charge on any atom is -0.508 e.